The fourth-order valence-corrected chi connectivity index (χ4v) is 3.84. The molecular formula is C20H23F3N4O. The Bertz CT molecular complexity index is 841. The number of anilines is 1. The second kappa shape index (κ2) is 8.65. The lowest BCUT2D eigenvalue weighted by Gasteiger charge is -2.31. The highest BCUT2D eigenvalue weighted by Crippen LogP contribution is 2.36. The molecule has 1 N–H and O–H groups in total. The van der Waals surface area contributed by atoms with Crippen LogP contribution in [-0.2, 0) is 17.5 Å². The number of aromatic nitrogens is 2. The van der Waals surface area contributed by atoms with Gasteiger partial charge in [0.05, 0.1) is 30.1 Å². The van der Waals surface area contributed by atoms with E-state index in [1.54, 1.807) is 25.6 Å². The Kier molecular flexibility index (Phi) is 6.25. The molecule has 0 saturated heterocycles. The van der Waals surface area contributed by atoms with E-state index in [1.807, 2.05) is 6.20 Å². The lowest BCUT2D eigenvalue weighted by Crippen LogP contribution is -2.27. The van der Waals surface area contributed by atoms with Gasteiger partial charge in [0.1, 0.15) is 0 Å². The Hall–Kier alpha value is -2.53. The minimum Gasteiger partial charge on any atom is -0.383 e. The summed E-state index contributed by atoms with van der Waals surface area (Å²) in [4.78, 5) is 4.25. The molecular weight excluding hydrogens is 369 g/mol. The van der Waals surface area contributed by atoms with Crippen molar-refractivity contribution in [1.29, 1.82) is 5.26 Å². The molecule has 1 aliphatic rings. The van der Waals surface area contributed by atoms with Gasteiger partial charge in [0, 0.05) is 43.2 Å². The molecule has 1 fully saturated rings. The largest absolute Gasteiger partial charge is 0.417 e. The first-order chi connectivity index (χ1) is 13.4. The maximum absolute atomic E-state index is 13.2. The number of nitrogens with zero attached hydrogens (tertiary/aromatic N) is 3. The average Bonchev–Trinajstić information content (AvgIpc) is 3.14. The van der Waals surface area contributed by atoms with Crippen LogP contribution in [0.15, 0.2) is 30.7 Å². The second-order valence-corrected chi connectivity index (χ2v) is 7.08. The van der Waals surface area contributed by atoms with E-state index in [0.29, 0.717) is 18.2 Å². The van der Waals surface area contributed by atoms with Crippen molar-refractivity contribution < 1.29 is 17.9 Å². The number of nitrogens with one attached hydrogen (secondary N) is 1. The minimum absolute atomic E-state index is 0.0681. The molecule has 1 saturated carbocycles. The molecule has 0 bridgehead atoms. The zero-order valence-corrected chi connectivity index (χ0v) is 15.7. The molecule has 0 radical (unpaired) electrons. The summed E-state index contributed by atoms with van der Waals surface area (Å²) >= 11 is 0. The highest BCUT2D eigenvalue weighted by atomic mass is 19.4. The predicted molar refractivity (Wildman–Crippen MR) is 98.9 cm³/mol. The molecule has 0 unspecified atom stereocenters. The van der Waals surface area contributed by atoms with Gasteiger partial charge in [0.2, 0.25) is 0 Å². The standard InChI is InChI=1S/C20H23F3N4O/c1-28-8-7-27-13-25-12-19(27)14-3-2-4-16(9-14)26-17-6-5-15(11-24)18(10-17)20(21,22)23/h5-6,10,12-14,16,26H,2-4,7-9H2,1H3/t14-,16+/m0/s1. The Balaban J connectivity index is 1.72. The molecule has 8 heteroatoms. The van der Waals surface area contributed by atoms with Crippen molar-refractivity contribution >= 4 is 5.69 Å². The highest BCUT2D eigenvalue weighted by molar-refractivity contribution is 5.53. The monoisotopic (exact) mass is 392 g/mol. The fourth-order valence-electron chi connectivity index (χ4n) is 3.84. The van der Waals surface area contributed by atoms with Gasteiger partial charge in [-0.2, -0.15) is 18.4 Å². The van der Waals surface area contributed by atoms with E-state index < -0.39 is 11.7 Å². The SMILES string of the molecule is COCCn1cncc1[C@H]1CCC[C@@H](Nc2ccc(C#N)c(C(F)(F)F)c2)C1. The Morgan fingerprint density at radius 2 is 2.18 bits per heavy atom. The number of benzene rings is 1. The molecule has 150 valence electrons. The normalized spacial score (nSPS) is 20.0. The van der Waals surface area contributed by atoms with Crippen LogP contribution in [0.25, 0.3) is 0 Å². The maximum atomic E-state index is 13.2. The average molecular weight is 392 g/mol. The molecule has 1 aromatic carbocycles. The van der Waals surface area contributed by atoms with E-state index in [0.717, 1.165) is 44.0 Å². The van der Waals surface area contributed by atoms with Gasteiger partial charge in [-0.05, 0) is 37.5 Å². The smallest absolute Gasteiger partial charge is 0.383 e. The van der Waals surface area contributed by atoms with Crippen LogP contribution in [0, 0.1) is 11.3 Å². The van der Waals surface area contributed by atoms with Crippen LogP contribution < -0.4 is 5.32 Å². The lowest BCUT2D eigenvalue weighted by molar-refractivity contribution is -0.137. The van der Waals surface area contributed by atoms with E-state index in [2.05, 4.69) is 14.9 Å². The van der Waals surface area contributed by atoms with Crippen LogP contribution in [0.5, 0.6) is 0 Å². The fraction of sp³-hybridized carbons (Fsp3) is 0.500. The highest BCUT2D eigenvalue weighted by Gasteiger charge is 2.34. The van der Waals surface area contributed by atoms with Crippen molar-refractivity contribution in [2.24, 2.45) is 0 Å². The number of halogens is 3. The van der Waals surface area contributed by atoms with Crippen molar-refractivity contribution in [1.82, 2.24) is 9.55 Å². The van der Waals surface area contributed by atoms with Gasteiger partial charge in [-0.25, -0.2) is 4.98 Å². The number of methoxy groups -OCH3 is 1. The molecule has 0 spiro atoms. The van der Waals surface area contributed by atoms with Gasteiger partial charge in [0.15, 0.2) is 0 Å². The summed E-state index contributed by atoms with van der Waals surface area (Å²) in [5, 5.41) is 12.2. The van der Waals surface area contributed by atoms with Gasteiger partial charge >= 0.3 is 6.18 Å². The number of ether oxygens (including phenoxy) is 1. The van der Waals surface area contributed by atoms with Gasteiger partial charge in [-0.15, -0.1) is 0 Å². The van der Waals surface area contributed by atoms with Crippen molar-refractivity contribution in [2.45, 2.75) is 50.4 Å². The quantitative estimate of drug-likeness (QED) is 0.783. The number of imidazole rings is 1. The van der Waals surface area contributed by atoms with Crippen LogP contribution in [0.2, 0.25) is 0 Å². The zero-order chi connectivity index (χ0) is 20.1. The Labute approximate surface area is 162 Å². The first kappa shape index (κ1) is 20.2. The number of hydrogen-bond donors (Lipinski definition) is 1. The van der Waals surface area contributed by atoms with E-state index >= 15 is 0 Å². The number of rotatable bonds is 6. The topological polar surface area (TPSA) is 62.9 Å². The summed E-state index contributed by atoms with van der Waals surface area (Å²) in [7, 11) is 1.66. The van der Waals surface area contributed by atoms with Crippen LogP contribution in [0.1, 0.15) is 48.4 Å². The summed E-state index contributed by atoms with van der Waals surface area (Å²) in [5.41, 5.74) is 0.274. The summed E-state index contributed by atoms with van der Waals surface area (Å²) < 4.78 is 46.8. The third-order valence-corrected chi connectivity index (χ3v) is 5.19. The van der Waals surface area contributed by atoms with Crippen molar-refractivity contribution in [2.75, 3.05) is 19.0 Å². The molecule has 2 atom stereocenters. The van der Waals surface area contributed by atoms with E-state index in [4.69, 9.17) is 10.00 Å². The first-order valence-corrected chi connectivity index (χ1v) is 9.29. The van der Waals surface area contributed by atoms with Gasteiger partial charge < -0.3 is 14.6 Å². The van der Waals surface area contributed by atoms with Crippen LogP contribution in [0.3, 0.4) is 0 Å². The van der Waals surface area contributed by atoms with Crippen LogP contribution >= 0.6 is 0 Å². The molecule has 2 aromatic rings. The van der Waals surface area contributed by atoms with Gasteiger partial charge in [0.25, 0.3) is 0 Å². The summed E-state index contributed by atoms with van der Waals surface area (Å²) in [6.45, 7) is 1.33. The van der Waals surface area contributed by atoms with Gasteiger partial charge in [-0.3, -0.25) is 0 Å². The predicted octanol–water partition coefficient (Wildman–Crippen LogP) is 4.56. The van der Waals surface area contributed by atoms with Crippen molar-refractivity contribution in [3.8, 4) is 6.07 Å². The summed E-state index contributed by atoms with van der Waals surface area (Å²) in [5.74, 6) is 0.297. The zero-order valence-electron chi connectivity index (χ0n) is 15.7. The summed E-state index contributed by atoms with van der Waals surface area (Å²) in [6, 6.07) is 5.48. The number of alkyl halides is 3. The molecule has 1 aromatic heterocycles. The number of nitriles is 1. The van der Waals surface area contributed by atoms with E-state index in [9.17, 15) is 13.2 Å². The molecule has 0 aliphatic heterocycles. The van der Waals surface area contributed by atoms with Crippen LogP contribution in [0.4, 0.5) is 18.9 Å². The van der Waals surface area contributed by atoms with Crippen LogP contribution in [-0.4, -0.2) is 29.3 Å². The van der Waals surface area contributed by atoms with Gasteiger partial charge in [-0.1, -0.05) is 6.42 Å². The minimum atomic E-state index is -4.55. The molecule has 1 aliphatic carbocycles. The van der Waals surface area contributed by atoms with E-state index in [1.165, 1.54) is 6.07 Å². The van der Waals surface area contributed by atoms with Crippen molar-refractivity contribution in [3.05, 3.63) is 47.5 Å². The Morgan fingerprint density at radius 3 is 2.89 bits per heavy atom. The lowest BCUT2D eigenvalue weighted by atomic mass is 9.83. The van der Waals surface area contributed by atoms with E-state index in [-0.39, 0.29) is 11.6 Å². The molecule has 28 heavy (non-hydrogen) atoms. The Morgan fingerprint density at radius 1 is 1.36 bits per heavy atom. The number of hydrogen-bond acceptors (Lipinski definition) is 4. The summed E-state index contributed by atoms with van der Waals surface area (Å²) in [6.07, 6.45) is 2.84. The molecule has 0 amide bonds. The van der Waals surface area contributed by atoms with Crippen molar-refractivity contribution in [3.63, 3.8) is 0 Å². The molecule has 1 heterocycles. The third kappa shape index (κ3) is 4.65. The first-order valence-electron chi connectivity index (χ1n) is 9.29. The molecule has 5 nitrogen and oxygen atoms in total. The maximum Gasteiger partial charge on any atom is 0.417 e. The molecule has 3 rings (SSSR count). The third-order valence-electron chi connectivity index (χ3n) is 5.19. The second-order valence-electron chi connectivity index (χ2n) is 7.08.